The van der Waals surface area contributed by atoms with Gasteiger partial charge in [0, 0.05) is 20.8 Å². The largest absolute Gasteiger partial charge is 0.327 e. The highest BCUT2D eigenvalue weighted by atomic mass is 79.9. The molecule has 0 radical (unpaired) electrons. The van der Waals surface area contributed by atoms with E-state index >= 15 is 0 Å². The highest BCUT2D eigenvalue weighted by Crippen LogP contribution is 2.25. The molecule has 1 aromatic heterocycles. The summed E-state index contributed by atoms with van der Waals surface area (Å²) >= 11 is 5.21. The van der Waals surface area contributed by atoms with E-state index in [0.717, 1.165) is 10.9 Å². The lowest BCUT2D eigenvalue weighted by molar-refractivity contribution is 0.320. The van der Waals surface area contributed by atoms with Gasteiger partial charge < -0.3 is 5.73 Å². The molecule has 0 spiro atoms. The van der Waals surface area contributed by atoms with Crippen LogP contribution in [0.1, 0.15) is 25.6 Å². The second kappa shape index (κ2) is 4.11. The number of rotatable bonds is 2. The molecule has 0 saturated carbocycles. The van der Waals surface area contributed by atoms with Gasteiger partial charge in [-0.1, -0.05) is 20.8 Å². The third kappa shape index (κ3) is 3.41. The minimum Gasteiger partial charge on any atom is -0.327 e. The number of nitrogens with two attached hydrogens (primary N) is 1. The van der Waals surface area contributed by atoms with Gasteiger partial charge >= 0.3 is 0 Å². The van der Waals surface area contributed by atoms with Crippen LogP contribution in [0.15, 0.2) is 15.9 Å². The van der Waals surface area contributed by atoms with Crippen LogP contribution in [-0.2, 0) is 6.42 Å². The van der Waals surface area contributed by atoms with Crippen molar-refractivity contribution in [3.05, 3.63) is 20.8 Å². The molecule has 74 valence electrons. The average Bonchev–Trinajstić information content (AvgIpc) is 2.33. The van der Waals surface area contributed by atoms with Crippen molar-refractivity contribution in [1.29, 1.82) is 0 Å². The quantitative estimate of drug-likeness (QED) is 0.868. The number of halogens is 1. The zero-order valence-corrected chi connectivity index (χ0v) is 10.7. The standard InChI is InChI=1S/C10H16BrNS/c1-10(2,3)9(12)5-8-4-7(11)6-13-8/h4,6,9H,5,12H2,1-3H3. The lowest BCUT2D eigenvalue weighted by Gasteiger charge is -2.26. The summed E-state index contributed by atoms with van der Waals surface area (Å²) in [6, 6.07) is 2.38. The van der Waals surface area contributed by atoms with Crippen LogP contribution in [0.2, 0.25) is 0 Å². The molecule has 0 bridgehead atoms. The van der Waals surface area contributed by atoms with Gasteiger partial charge in [-0.15, -0.1) is 11.3 Å². The SMILES string of the molecule is CC(C)(C)C(N)Cc1cc(Br)cs1. The fourth-order valence-electron chi connectivity index (χ4n) is 0.984. The van der Waals surface area contributed by atoms with Crippen molar-refractivity contribution in [3.63, 3.8) is 0 Å². The highest BCUT2D eigenvalue weighted by molar-refractivity contribution is 9.10. The minimum atomic E-state index is 0.191. The van der Waals surface area contributed by atoms with Gasteiger partial charge in [0.15, 0.2) is 0 Å². The Morgan fingerprint density at radius 1 is 1.54 bits per heavy atom. The topological polar surface area (TPSA) is 26.0 Å². The molecule has 3 heteroatoms. The maximum Gasteiger partial charge on any atom is 0.0285 e. The smallest absolute Gasteiger partial charge is 0.0285 e. The Morgan fingerprint density at radius 2 is 2.15 bits per heavy atom. The van der Waals surface area contributed by atoms with Crippen LogP contribution in [0, 0.1) is 5.41 Å². The van der Waals surface area contributed by atoms with Crippen LogP contribution in [0.4, 0.5) is 0 Å². The van der Waals surface area contributed by atoms with Gasteiger partial charge in [0.25, 0.3) is 0 Å². The predicted octanol–water partition coefficient (Wildman–Crippen LogP) is 3.43. The van der Waals surface area contributed by atoms with Crippen molar-refractivity contribution in [3.8, 4) is 0 Å². The summed E-state index contributed by atoms with van der Waals surface area (Å²) in [5, 5.41) is 2.10. The molecule has 2 N–H and O–H groups in total. The summed E-state index contributed by atoms with van der Waals surface area (Å²) in [7, 11) is 0. The summed E-state index contributed by atoms with van der Waals surface area (Å²) in [4.78, 5) is 1.36. The number of hydrogen-bond acceptors (Lipinski definition) is 2. The molecule has 1 atom stereocenters. The van der Waals surface area contributed by atoms with E-state index in [1.54, 1.807) is 11.3 Å². The molecule has 0 aliphatic rings. The lowest BCUT2D eigenvalue weighted by Crippen LogP contribution is -2.36. The second-order valence-corrected chi connectivity index (χ2v) is 6.32. The monoisotopic (exact) mass is 261 g/mol. The third-order valence-corrected chi connectivity index (χ3v) is 3.88. The van der Waals surface area contributed by atoms with Gasteiger partial charge in [0.05, 0.1) is 0 Å². The zero-order valence-electron chi connectivity index (χ0n) is 8.30. The normalized spacial score (nSPS) is 14.5. The Balaban J connectivity index is 2.60. The Hall–Kier alpha value is 0.140. The van der Waals surface area contributed by atoms with E-state index in [1.807, 2.05) is 0 Å². The van der Waals surface area contributed by atoms with Crippen LogP contribution in [0.5, 0.6) is 0 Å². The van der Waals surface area contributed by atoms with E-state index in [9.17, 15) is 0 Å². The molecule has 1 heterocycles. The molecule has 1 unspecified atom stereocenters. The first-order chi connectivity index (χ1) is 5.89. The van der Waals surface area contributed by atoms with Gasteiger partial charge in [0.1, 0.15) is 0 Å². The van der Waals surface area contributed by atoms with Gasteiger partial charge in [-0.3, -0.25) is 0 Å². The highest BCUT2D eigenvalue weighted by Gasteiger charge is 2.21. The molecule has 13 heavy (non-hydrogen) atoms. The molecule has 0 fully saturated rings. The fourth-order valence-corrected chi connectivity index (χ4v) is 2.49. The first kappa shape index (κ1) is 11.2. The van der Waals surface area contributed by atoms with Crippen molar-refractivity contribution in [2.45, 2.75) is 33.2 Å². The van der Waals surface area contributed by atoms with Crippen molar-refractivity contribution < 1.29 is 0 Å². The van der Waals surface area contributed by atoms with Crippen molar-refractivity contribution in [2.75, 3.05) is 0 Å². The van der Waals surface area contributed by atoms with Crippen molar-refractivity contribution in [2.24, 2.45) is 11.1 Å². The predicted molar refractivity (Wildman–Crippen MR) is 63.2 cm³/mol. The summed E-state index contributed by atoms with van der Waals surface area (Å²) in [5.41, 5.74) is 6.27. The molecule has 1 aromatic rings. The summed E-state index contributed by atoms with van der Waals surface area (Å²) in [5.74, 6) is 0. The Morgan fingerprint density at radius 3 is 2.54 bits per heavy atom. The molecule has 0 saturated heterocycles. The van der Waals surface area contributed by atoms with E-state index in [0.29, 0.717) is 0 Å². The van der Waals surface area contributed by atoms with Crippen molar-refractivity contribution >= 4 is 27.3 Å². The maximum atomic E-state index is 6.08. The Kier molecular flexibility index (Phi) is 3.55. The van der Waals surface area contributed by atoms with Gasteiger partial charge in [0.2, 0.25) is 0 Å². The maximum absolute atomic E-state index is 6.08. The number of hydrogen-bond donors (Lipinski definition) is 1. The van der Waals surface area contributed by atoms with E-state index in [-0.39, 0.29) is 11.5 Å². The van der Waals surface area contributed by atoms with Gasteiger partial charge in [-0.2, -0.15) is 0 Å². The van der Waals surface area contributed by atoms with Crippen LogP contribution in [-0.4, -0.2) is 6.04 Å². The van der Waals surface area contributed by atoms with E-state index in [4.69, 9.17) is 5.73 Å². The molecule has 0 aliphatic carbocycles. The van der Waals surface area contributed by atoms with Crippen molar-refractivity contribution in [1.82, 2.24) is 0 Å². The minimum absolute atomic E-state index is 0.191. The van der Waals surface area contributed by atoms with Crippen LogP contribution < -0.4 is 5.73 Å². The zero-order chi connectivity index (χ0) is 10.1. The molecule has 1 nitrogen and oxygen atoms in total. The average molecular weight is 262 g/mol. The summed E-state index contributed by atoms with van der Waals surface area (Å²) in [6.45, 7) is 6.54. The molecular formula is C10H16BrNS. The molecule has 0 aromatic carbocycles. The molecule has 0 amide bonds. The Bertz CT molecular complexity index is 275. The number of thiophene rings is 1. The first-order valence-electron chi connectivity index (χ1n) is 4.38. The molecule has 0 aliphatic heterocycles. The van der Waals surface area contributed by atoms with Gasteiger partial charge in [-0.25, -0.2) is 0 Å². The fraction of sp³-hybridized carbons (Fsp3) is 0.600. The summed E-state index contributed by atoms with van der Waals surface area (Å²) in [6.07, 6.45) is 0.972. The first-order valence-corrected chi connectivity index (χ1v) is 6.05. The Labute approximate surface area is 92.5 Å². The summed E-state index contributed by atoms with van der Waals surface area (Å²) < 4.78 is 1.16. The van der Waals surface area contributed by atoms with E-state index in [1.165, 1.54) is 4.88 Å². The lowest BCUT2D eigenvalue weighted by atomic mass is 9.85. The van der Waals surface area contributed by atoms with E-state index < -0.39 is 0 Å². The van der Waals surface area contributed by atoms with Crippen LogP contribution >= 0.6 is 27.3 Å². The van der Waals surface area contributed by atoms with E-state index in [2.05, 4.69) is 48.1 Å². The molecule has 1 rings (SSSR count). The third-order valence-electron chi connectivity index (χ3n) is 2.16. The van der Waals surface area contributed by atoms with Gasteiger partial charge in [-0.05, 0) is 33.8 Å². The second-order valence-electron chi connectivity index (χ2n) is 4.41. The molecular weight excluding hydrogens is 246 g/mol. The van der Waals surface area contributed by atoms with Crippen LogP contribution in [0.3, 0.4) is 0 Å². The van der Waals surface area contributed by atoms with Crippen LogP contribution in [0.25, 0.3) is 0 Å².